The first-order chi connectivity index (χ1) is 13.9. The molecular weight excluding hydrogens is 427 g/mol. The van der Waals surface area contributed by atoms with E-state index in [1.165, 1.54) is 0 Å². The van der Waals surface area contributed by atoms with E-state index in [2.05, 4.69) is 28.9 Å². The Morgan fingerprint density at radius 3 is 2.69 bits per heavy atom. The molecule has 1 aromatic heterocycles. The fourth-order valence-electron chi connectivity index (χ4n) is 3.52. The summed E-state index contributed by atoms with van der Waals surface area (Å²) in [5.41, 5.74) is 4.30. The van der Waals surface area contributed by atoms with Crippen LogP contribution in [-0.2, 0) is 17.9 Å². The summed E-state index contributed by atoms with van der Waals surface area (Å²) >= 11 is 14.1. The molecule has 0 fully saturated rings. The number of rotatable bonds is 9. The van der Waals surface area contributed by atoms with Crippen molar-refractivity contribution in [2.75, 3.05) is 12.0 Å². The lowest BCUT2D eigenvalue weighted by atomic mass is 10.1. The molecule has 3 aromatic rings. The molecule has 7 heteroatoms. The monoisotopic (exact) mass is 450 g/mol. The van der Waals surface area contributed by atoms with E-state index < -0.39 is 12.0 Å². The van der Waals surface area contributed by atoms with E-state index >= 15 is 0 Å². The molecule has 3 rings (SSSR count). The Morgan fingerprint density at radius 1 is 1.24 bits per heavy atom. The minimum absolute atomic E-state index is 0.499. The Balaban J connectivity index is 1.92. The smallest absolute Gasteiger partial charge is 0.320 e. The number of fused-ring (bicyclic) bond motifs is 1. The van der Waals surface area contributed by atoms with Gasteiger partial charge in [0, 0.05) is 39.7 Å². The highest BCUT2D eigenvalue weighted by Gasteiger charge is 2.19. The number of carbonyl (C=O) groups is 1. The number of halogens is 2. The minimum atomic E-state index is -0.812. The Bertz CT molecular complexity index is 1020. The van der Waals surface area contributed by atoms with Crippen LogP contribution in [0.25, 0.3) is 10.9 Å². The molecular formula is C22H24Cl2N2O2S. The predicted molar refractivity (Wildman–Crippen MR) is 124 cm³/mol. The lowest BCUT2D eigenvalue weighted by Crippen LogP contribution is -2.36. The van der Waals surface area contributed by atoms with Crippen LogP contribution in [0.4, 0.5) is 0 Å². The van der Waals surface area contributed by atoms with Crippen LogP contribution in [0.5, 0.6) is 0 Å². The molecule has 0 radical (unpaired) electrons. The summed E-state index contributed by atoms with van der Waals surface area (Å²) in [7, 11) is 0. The molecule has 4 nitrogen and oxygen atoms in total. The van der Waals surface area contributed by atoms with Crippen molar-refractivity contribution in [2.24, 2.45) is 0 Å². The Morgan fingerprint density at radius 2 is 2.00 bits per heavy atom. The molecule has 0 bridgehead atoms. The van der Waals surface area contributed by atoms with E-state index in [4.69, 9.17) is 23.2 Å². The van der Waals surface area contributed by atoms with Crippen molar-refractivity contribution in [2.45, 2.75) is 32.5 Å². The van der Waals surface area contributed by atoms with Crippen LogP contribution < -0.4 is 5.32 Å². The molecule has 154 valence electrons. The normalized spacial score (nSPS) is 12.4. The van der Waals surface area contributed by atoms with Gasteiger partial charge in [-0.1, -0.05) is 47.5 Å². The second kappa shape index (κ2) is 9.90. The van der Waals surface area contributed by atoms with Gasteiger partial charge in [0.05, 0.1) is 0 Å². The van der Waals surface area contributed by atoms with Crippen LogP contribution in [0.3, 0.4) is 0 Å². The molecule has 1 heterocycles. The maximum atomic E-state index is 11.6. The summed E-state index contributed by atoms with van der Waals surface area (Å²) in [5, 5.41) is 15.1. The second-order valence-electron chi connectivity index (χ2n) is 6.96. The molecule has 0 aliphatic heterocycles. The van der Waals surface area contributed by atoms with Gasteiger partial charge in [0.15, 0.2) is 0 Å². The van der Waals surface area contributed by atoms with Gasteiger partial charge in [-0.15, -0.1) is 0 Å². The molecule has 0 aliphatic carbocycles. The van der Waals surface area contributed by atoms with Crippen molar-refractivity contribution in [1.82, 2.24) is 9.88 Å². The summed E-state index contributed by atoms with van der Waals surface area (Å²) < 4.78 is 2.22. The van der Waals surface area contributed by atoms with Crippen LogP contribution in [0.15, 0.2) is 42.5 Å². The van der Waals surface area contributed by atoms with Crippen molar-refractivity contribution in [3.05, 3.63) is 69.3 Å². The number of nitrogens with zero attached hydrogens (tertiary/aromatic N) is 1. The van der Waals surface area contributed by atoms with Crippen molar-refractivity contribution >= 4 is 51.8 Å². The summed E-state index contributed by atoms with van der Waals surface area (Å²) in [6.45, 7) is 3.19. The van der Waals surface area contributed by atoms with Gasteiger partial charge >= 0.3 is 5.97 Å². The molecule has 0 aliphatic rings. The maximum Gasteiger partial charge on any atom is 0.320 e. The van der Waals surface area contributed by atoms with Gasteiger partial charge in [0.2, 0.25) is 0 Å². The van der Waals surface area contributed by atoms with Gasteiger partial charge in [0.25, 0.3) is 0 Å². The highest BCUT2D eigenvalue weighted by Crippen LogP contribution is 2.29. The topological polar surface area (TPSA) is 54.3 Å². The molecule has 0 saturated carbocycles. The van der Waals surface area contributed by atoms with E-state index in [1.807, 2.05) is 30.5 Å². The van der Waals surface area contributed by atoms with Crippen LogP contribution in [0, 0.1) is 6.92 Å². The largest absolute Gasteiger partial charge is 0.480 e. The fourth-order valence-corrected chi connectivity index (χ4v) is 4.46. The van der Waals surface area contributed by atoms with E-state index in [1.54, 1.807) is 17.8 Å². The number of para-hydroxylation sites is 1. The lowest BCUT2D eigenvalue weighted by Gasteiger charge is -2.15. The van der Waals surface area contributed by atoms with Crippen LogP contribution in [-0.4, -0.2) is 33.7 Å². The number of aromatic nitrogens is 1. The molecule has 2 aromatic carbocycles. The van der Waals surface area contributed by atoms with Crippen molar-refractivity contribution in [3.63, 3.8) is 0 Å². The first kappa shape index (κ1) is 22.0. The summed E-state index contributed by atoms with van der Waals surface area (Å²) in [5.74, 6) is -0.00635. The third kappa shape index (κ3) is 5.10. The number of nitrogens with one attached hydrogen (secondary N) is 1. The average Bonchev–Trinajstić information content (AvgIpc) is 2.95. The number of hydrogen-bond acceptors (Lipinski definition) is 3. The zero-order valence-corrected chi connectivity index (χ0v) is 18.7. The summed E-state index contributed by atoms with van der Waals surface area (Å²) in [4.78, 5) is 11.6. The third-order valence-corrected chi connectivity index (χ3v) is 6.37. The second-order valence-corrected chi connectivity index (χ2v) is 8.79. The third-order valence-electron chi connectivity index (χ3n) is 5.14. The SMILES string of the molecule is CSCCC(NCc1c(C)n(Cc2ccc(Cl)cc2Cl)c2ccccc12)C(=O)O. The number of carboxylic acids is 1. The van der Waals surface area contributed by atoms with E-state index in [0.29, 0.717) is 29.6 Å². The Kier molecular flexibility index (Phi) is 7.52. The van der Waals surface area contributed by atoms with Gasteiger partial charge in [-0.2, -0.15) is 11.8 Å². The Labute approximate surface area is 185 Å². The first-order valence-electron chi connectivity index (χ1n) is 9.38. The molecule has 29 heavy (non-hydrogen) atoms. The molecule has 0 amide bonds. The van der Waals surface area contributed by atoms with Crippen molar-refractivity contribution in [3.8, 4) is 0 Å². The number of carboxylic acid groups (broad SMARTS) is 1. The van der Waals surface area contributed by atoms with Gasteiger partial charge in [-0.05, 0) is 54.7 Å². The average molecular weight is 451 g/mol. The van der Waals surface area contributed by atoms with Crippen LogP contribution >= 0.6 is 35.0 Å². The quantitative estimate of drug-likeness (QED) is 0.445. The molecule has 1 atom stereocenters. The minimum Gasteiger partial charge on any atom is -0.480 e. The van der Waals surface area contributed by atoms with Gasteiger partial charge in [0.1, 0.15) is 6.04 Å². The summed E-state index contributed by atoms with van der Waals surface area (Å²) in [6, 6.07) is 13.2. The molecule has 0 spiro atoms. The molecule has 1 unspecified atom stereocenters. The predicted octanol–water partition coefficient (Wildman–Crippen LogP) is 5.60. The van der Waals surface area contributed by atoms with Crippen molar-refractivity contribution < 1.29 is 9.90 Å². The Hall–Kier alpha value is -1.66. The number of thioether (sulfide) groups is 1. The van der Waals surface area contributed by atoms with Gasteiger partial charge in [-0.25, -0.2) is 0 Å². The first-order valence-corrected chi connectivity index (χ1v) is 11.5. The molecule has 2 N–H and O–H groups in total. The summed E-state index contributed by atoms with van der Waals surface area (Å²) in [6.07, 6.45) is 2.58. The fraction of sp³-hybridized carbons (Fsp3) is 0.318. The van der Waals surface area contributed by atoms with E-state index in [-0.39, 0.29) is 0 Å². The van der Waals surface area contributed by atoms with Gasteiger partial charge in [-0.3, -0.25) is 4.79 Å². The van der Waals surface area contributed by atoms with Crippen LogP contribution in [0.2, 0.25) is 10.0 Å². The van der Waals surface area contributed by atoms with Crippen molar-refractivity contribution in [1.29, 1.82) is 0 Å². The van der Waals surface area contributed by atoms with Gasteiger partial charge < -0.3 is 15.0 Å². The van der Waals surface area contributed by atoms with Crippen LogP contribution in [0.1, 0.15) is 23.2 Å². The standard InChI is InChI=1S/C22H24Cl2N2O2S/c1-14-18(12-25-20(22(27)28)9-10-29-2)17-5-3-4-6-21(17)26(14)13-15-7-8-16(23)11-19(15)24/h3-8,11,20,25H,9-10,12-13H2,1-2H3,(H,27,28). The number of hydrogen-bond donors (Lipinski definition) is 2. The molecule has 0 saturated heterocycles. The number of benzene rings is 2. The number of aliphatic carboxylic acids is 1. The van der Waals surface area contributed by atoms with E-state index in [0.717, 1.165) is 33.5 Å². The zero-order valence-electron chi connectivity index (χ0n) is 16.4. The zero-order chi connectivity index (χ0) is 21.0. The lowest BCUT2D eigenvalue weighted by molar-refractivity contribution is -0.139. The van der Waals surface area contributed by atoms with E-state index in [9.17, 15) is 9.90 Å². The maximum absolute atomic E-state index is 11.6. The highest BCUT2D eigenvalue weighted by molar-refractivity contribution is 7.98. The highest BCUT2D eigenvalue weighted by atomic mass is 35.5.